The van der Waals surface area contributed by atoms with Crippen molar-refractivity contribution in [3.63, 3.8) is 0 Å². The summed E-state index contributed by atoms with van der Waals surface area (Å²) in [5.74, 6) is -0.955. The van der Waals surface area contributed by atoms with Gasteiger partial charge in [0.1, 0.15) is 0 Å². The number of hydrogen-bond acceptors (Lipinski definition) is 3. The van der Waals surface area contributed by atoms with Gasteiger partial charge >= 0.3 is 5.97 Å². The predicted octanol–water partition coefficient (Wildman–Crippen LogP) is 2.79. The van der Waals surface area contributed by atoms with Crippen LogP contribution in [0.5, 0.6) is 0 Å². The van der Waals surface area contributed by atoms with E-state index in [1.807, 2.05) is 11.0 Å². The molecule has 0 aliphatic rings. The molecule has 0 saturated heterocycles. The van der Waals surface area contributed by atoms with Gasteiger partial charge in [-0.1, -0.05) is 12.1 Å². The molecule has 18 heavy (non-hydrogen) atoms. The van der Waals surface area contributed by atoms with Crippen molar-refractivity contribution in [2.24, 2.45) is 0 Å². The zero-order valence-electron chi connectivity index (χ0n) is 10.2. The molecule has 0 bridgehead atoms. The van der Waals surface area contributed by atoms with Crippen LogP contribution in [0.15, 0.2) is 35.3 Å². The zero-order valence-corrected chi connectivity index (χ0v) is 11.8. The zero-order chi connectivity index (χ0) is 13.5. The van der Waals surface area contributed by atoms with Gasteiger partial charge in [0.2, 0.25) is 0 Å². The number of aromatic carboxylic acids is 1. The van der Waals surface area contributed by atoms with Gasteiger partial charge in [-0.15, -0.1) is 6.58 Å². The first-order chi connectivity index (χ1) is 8.61. The van der Waals surface area contributed by atoms with Gasteiger partial charge in [0.15, 0.2) is 0 Å². The second-order valence-corrected chi connectivity index (χ2v) is 4.52. The van der Waals surface area contributed by atoms with Crippen LogP contribution in [0.1, 0.15) is 10.4 Å². The van der Waals surface area contributed by atoms with E-state index in [0.29, 0.717) is 29.9 Å². The van der Waals surface area contributed by atoms with Crippen LogP contribution in [-0.2, 0) is 4.74 Å². The number of carboxylic acids is 1. The van der Waals surface area contributed by atoms with E-state index in [4.69, 9.17) is 4.74 Å². The van der Waals surface area contributed by atoms with Crippen molar-refractivity contribution in [3.8, 4) is 0 Å². The summed E-state index contributed by atoms with van der Waals surface area (Å²) in [4.78, 5) is 13.2. The summed E-state index contributed by atoms with van der Waals surface area (Å²) in [5.41, 5.74) is 0.921. The van der Waals surface area contributed by atoms with Gasteiger partial charge < -0.3 is 14.7 Å². The second kappa shape index (κ2) is 7.18. The van der Waals surface area contributed by atoms with Crippen molar-refractivity contribution in [1.82, 2.24) is 0 Å². The summed E-state index contributed by atoms with van der Waals surface area (Å²) in [6.45, 7) is 5.40. The third kappa shape index (κ3) is 3.58. The molecule has 0 aliphatic carbocycles. The average Bonchev–Trinajstić information content (AvgIpc) is 2.33. The maximum Gasteiger partial charge on any atom is 0.338 e. The first-order valence-electron chi connectivity index (χ1n) is 5.48. The fourth-order valence-corrected chi connectivity index (χ4v) is 2.18. The van der Waals surface area contributed by atoms with Crippen LogP contribution in [-0.4, -0.2) is 37.9 Å². The molecule has 0 saturated carbocycles. The molecule has 1 aromatic rings. The third-order valence-electron chi connectivity index (χ3n) is 2.46. The van der Waals surface area contributed by atoms with Crippen LogP contribution in [0, 0.1) is 0 Å². The van der Waals surface area contributed by atoms with E-state index in [1.165, 1.54) is 0 Å². The number of benzene rings is 1. The molecule has 0 atom stereocenters. The average molecular weight is 314 g/mol. The molecule has 4 nitrogen and oxygen atoms in total. The Morgan fingerprint density at radius 3 is 2.89 bits per heavy atom. The lowest BCUT2D eigenvalue weighted by Gasteiger charge is -2.25. The molecule has 0 aliphatic heterocycles. The van der Waals surface area contributed by atoms with Gasteiger partial charge in [0.25, 0.3) is 0 Å². The van der Waals surface area contributed by atoms with E-state index >= 15 is 0 Å². The lowest BCUT2D eigenvalue weighted by atomic mass is 10.1. The van der Waals surface area contributed by atoms with E-state index in [-0.39, 0.29) is 5.56 Å². The van der Waals surface area contributed by atoms with Crippen LogP contribution in [0.4, 0.5) is 5.69 Å². The van der Waals surface area contributed by atoms with Gasteiger partial charge in [-0.05, 0) is 28.1 Å². The van der Waals surface area contributed by atoms with E-state index in [1.54, 1.807) is 25.3 Å². The Labute approximate surface area is 115 Å². The van der Waals surface area contributed by atoms with E-state index in [0.717, 1.165) is 0 Å². The number of nitrogens with zero attached hydrogens (tertiary/aromatic N) is 1. The molecule has 1 aromatic carbocycles. The summed E-state index contributed by atoms with van der Waals surface area (Å²) in [5, 5.41) is 9.28. The highest BCUT2D eigenvalue weighted by Gasteiger charge is 2.18. The van der Waals surface area contributed by atoms with Crippen molar-refractivity contribution in [2.45, 2.75) is 0 Å². The highest BCUT2D eigenvalue weighted by molar-refractivity contribution is 9.10. The number of ether oxygens (including phenoxy) is 1. The van der Waals surface area contributed by atoms with E-state index in [2.05, 4.69) is 22.5 Å². The fraction of sp³-hybridized carbons (Fsp3) is 0.308. The number of anilines is 1. The lowest BCUT2D eigenvalue weighted by Crippen LogP contribution is -2.29. The van der Waals surface area contributed by atoms with Gasteiger partial charge in [0.05, 0.1) is 17.9 Å². The van der Waals surface area contributed by atoms with Crippen molar-refractivity contribution in [3.05, 3.63) is 40.9 Å². The number of halogens is 1. The normalized spacial score (nSPS) is 10.1. The summed E-state index contributed by atoms with van der Waals surface area (Å²) in [6, 6.07) is 5.32. The molecule has 5 heteroatoms. The van der Waals surface area contributed by atoms with Gasteiger partial charge in [0, 0.05) is 24.7 Å². The first kappa shape index (κ1) is 14.7. The summed E-state index contributed by atoms with van der Waals surface area (Å²) in [7, 11) is 1.62. The minimum absolute atomic E-state index is 0.260. The molecule has 1 N–H and O–H groups in total. The highest BCUT2D eigenvalue weighted by Crippen LogP contribution is 2.27. The van der Waals surface area contributed by atoms with Crippen LogP contribution in [0.2, 0.25) is 0 Å². The van der Waals surface area contributed by atoms with Crippen molar-refractivity contribution < 1.29 is 14.6 Å². The minimum atomic E-state index is -0.955. The Balaban J connectivity index is 3.13. The minimum Gasteiger partial charge on any atom is -0.478 e. The van der Waals surface area contributed by atoms with Gasteiger partial charge in [-0.3, -0.25) is 0 Å². The number of carboxylic acid groups (broad SMARTS) is 1. The Morgan fingerprint density at radius 2 is 2.33 bits per heavy atom. The Morgan fingerprint density at radius 1 is 1.61 bits per heavy atom. The molecule has 0 radical (unpaired) electrons. The quantitative estimate of drug-likeness (QED) is 0.786. The molecular weight excluding hydrogens is 298 g/mol. The molecule has 0 aromatic heterocycles. The number of carbonyl (C=O) groups is 1. The molecule has 0 amide bonds. The number of rotatable bonds is 7. The molecular formula is C13H16BrNO3. The van der Waals surface area contributed by atoms with Gasteiger partial charge in [-0.2, -0.15) is 0 Å². The van der Waals surface area contributed by atoms with Crippen LogP contribution >= 0.6 is 15.9 Å². The van der Waals surface area contributed by atoms with Crippen molar-refractivity contribution in [2.75, 3.05) is 31.7 Å². The fourth-order valence-electron chi connectivity index (χ4n) is 1.66. The molecule has 1 rings (SSSR count). The largest absolute Gasteiger partial charge is 0.478 e. The topological polar surface area (TPSA) is 49.8 Å². The third-order valence-corrected chi connectivity index (χ3v) is 3.12. The van der Waals surface area contributed by atoms with Crippen LogP contribution < -0.4 is 4.90 Å². The predicted molar refractivity (Wildman–Crippen MR) is 75.4 cm³/mol. The first-order valence-corrected chi connectivity index (χ1v) is 6.27. The van der Waals surface area contributed by atoms with E-state index in [9.17, 15) is 9.90 Å². The highest BCUT2D eigenvalue weighted by atomic mass is 79.9. The molecule has 0 unspecified atom stereocenters. The molecule has 0 fully saturated rings. The van der Waals surface area contributed by atoms with Gasteiger partial charge in [-0.25, -0.2) is 4.79 Å². The number of methoxy groups -OCH3 is 1. The lowest BCUT2D eigenvalue weighted by molar-refractivity contribution is 0.0696. The number of hydrogen-bond donors (Lipinski definition) is 1. The van der Waals surface area contributed by atoms with Crippen molar-refractivity contribution in [1.29, 1.82) is 0 Å². The van der Waals surface area contributed by atoms with Crippen molar-refractivity contribution >= 4 is 27.6 Å². The monoisotopic (exact) mass is 313 g/mol. The smallest absolute Gasteiger partial charge is 0.338 e. The Hall–Kier alpha value is -1.33. The summed E-state index contributed by atoms with van der Waals surface area (Å²) >= 11 is 3.27. The maximum atomic E-state index is 11.3. The molecule has 98 valence electrons. The maximum absolute atomic E-state index is 11.3. The summed E-state index contributed by atoms with van der Waals surface area (Å²) < 4.78 is 5.60. The molecule has 0 heterocycles. The standard InChI is InChI=1S/C13H16BrNO3/c1-3-7-15(8-9-18-2)11-6-4-5-10(14)12(11)13(16)17/h3-6H,1,7-9H2,2H3,(H,16,17). The van der Waals surface area contributed by atoms with Crippen LogP contribution in [0.25, 0.3) is 0 Å². The van der Waals surface area contributed by atoms with E-state index < -0.39 is 5.97 Å². The van der Waals surface area contributed by atoms with Crippen LogP contribution in [0.3, 0.4) is 0 Å². The Bertz CT molecular complexity index is 434. The summed E-state index contributed by atoms with van der Waals surface area (Å²) in [6.07, 6.45) is 1.74. The SMILES string of the molecule is C=CCN(CCOC)c1cccc(Br)c1C(=O)O. The second-order valence-electron chi connectivity index (χ2n) is 3.67. The Kier molecular flexibility index (Phi) is 5.88. The molecule has 0 spiro atoms.